The summed E-state index contributed by atoms with van der Waals surface area (Å²) in [5.41, 5.74) is 1.13. The second-order valence-corrected chi connectivity index (χ2v) is 3.97. The van der Waals surface area contributed by atoms with E-state index in [0.29, 0.717) is 17.3 Å². The average Bonchev–Trinajstić information content (AvgIpc) is 2.28. The number of hydrogen-bond donors (Lipinski definition) is 1. The molecule has 0 radical (unpaired) electrons. The highest BCUT2D eigenvalue weighted by atomic mass is 35.5. The molecule has 90 valence electrons. The zero-order chi connectivity index (χ0) is 12.0. The van der Waals surface area contributed by atoms with Crippen molar-refractivity contribution in [1.29, 1.82) is 0 Å². The third-order valence-corrected chi connectivity index (χ3v) is 2.78. The van der Waals surface area contributed by atoms with E-state index in [2.05, 4.69) is 11.8 Å². The number of rotatable bonds is 6. The van der Waals surface area contributed by atoms with Crippen LogP contribution in [0.15, 0.2) is 18.2 Å². The lowest BCUT2D eigenvalue weighted by Gasteiger charge is -2.19. The van der Waals surface area contributed by atoms with Crippen LogP contribution in [0.25, 0.3) is 0 Å². The maximum absolute atomic E-state index is 8.89. The predicted molar refractivity (Wildman–Crippen MR) is 66.0 cm³/mol. The van der Waals surface area contributed by atoms with Crippen LogP contribution in [0.5, 0.6) is 5.75 Å². The number of aliphatic hydroxyl groups is 1. The van der Waals surface area contributed by atoms with Gasteiger partial charge < -0.3 is 9.84 Å². The van der Waals surface area contributed by atoms with Crippen LogP contribution in [-0.4, -0.2) is 36.8 Å². The maximum atomic E-state index is 8.89. The second kappa shape index (κ2) is 6.74. The standard InChI is InChI=1S/C12H18ClNO2/c1-3-14(6-7-15)9-10-4-5-12(16-2)11(13)8-10/h4-5,8,15H,3,6-7,9H2,1-2H3. The van der Waals surface area contributed by atoms with Gasteiger partial charge in [-0.15, -0.1) is 0 Å². The van der Waals surface area contributed by atoms with E-state index in [1.165, 1.54) is 0 Å². The molecule has 0 aliphatic rings. The smallest absolute Gasteiger partial charge is 0.137 e. The van der Waals surface area contributed by atoms with Gasteiger partial charge in [0.05, 0.1) is 18.7 Å². The summed E-state index contributed by atoms with van der Waals surface area (Å²) in [6.45, 7) is 4.63. The number of benzene rings is 1. The summed E-state index contributed by atoms with van der Waals surface area (Å²) in [5.74, 6) is 0.690. The first-order valence-electron chi connectivity index (χ1n) is 5.36. The monoisotopic (exact) mass is 243 g/mol. The molecule has 0 saturated carbocycles. The number of likely N-dealkylation sites (N-methyl/N-ethyl adjacent to an activating group) is 1. The van der Waals surface area contributed by atoms with Crippen LogP contribution in [0, 0.1) is 0 Å². The molecule has 16 heavy (non-hydrogen) atoms. The van der Waals surface area contributed by atoms with Gasteiger partial charge >= 0.3 is 0 Å². The molecule has 3 nitrogen and oxygen atoms in total. The van der Waals surface area contributed by atoms with Gasteiger partial charge in [0.2, 0.25) is 0 Å². The molecule has 0 fully saturated rings. The highest BCUT2D eigenvalue weighted by Crippen LogP contribution is 2.25. The van der Waals surface area contributed by atoms with Crippen molar-refractivity contribution in [1.82, 2.24) is 4.90 Å². The molecule has 4 heteroatoms. The molecule has 0 bridgehead atoms. The summed E-state index contributed by atoms with van der Waals surface area (Å²) in [5, 5.41) is 9.52. The normalized spacial score (nSPS) is 10.8. The van der Waals surface area contributed by atoms with Gasteiger partial charge in [0.25, 0.3) is 0 Å². The number of aliphatic hydroxyl groups excluding tert-OH is 1. The van der Waals surface area contributed by atoms with E-state index in [1.807, 2.05) is 18.2 Å². The summed E-state index contributed by atoms with van der Waals surface area (Å²) in [6, 6.07) is 5.76. The molecule has 1 aromatic carbocycles. The Bertz CT molecular complexity index is 331. The van der Waals surface area contributed by atoms with E-state index in [4.69, 9.17) is 21.4 Å². The molecule has 0 unspecified atom stereocenters. The first-order chi connectivity index (χ1) is 7.71. The van der Waals surface area contributed by atoms with E-state index in [9.17, 15) is 0 Å². The van der Waals surface area contributed by atoms with Crippen LogP contribution in [-0.2, 0) is 6.54 Å². The van der Waals surface area contributed by atoms with Crippen molar-refractivity contribution >= 4 is 11.6 Å². The van der Waals surface area contributed by atoms with E-state index in [0.717, 1.165) is 18.7 Å². The first-order valence-corrected chi connectivity index (χ1v) is 5.74. The summed E-state index contributed by atoms with van der Waals surface area (Å²) in [6.07, 6.45) is 0. The zero-order valence-electron chi connectivity index (χ0n) is 9.74. The Morgan fingerprint density at radius 2 is 2.19 bits per heavy atom. The van der Waals surface area contributed by atoms with Crippen LogP contribution in [0.1, 0.15) is 12.5 Å². The molecule has 1 aromatic rings. The molecule has 0 atom stereocenters. The van der Waals surface area contributed by atoms with Crippen LogP contribution >= 0.6 is 11.6 Å². The van der Waals surface area contributed by atoms with Crippen LogP contribution in [0.3, 0.4) is 0 Å². The molecule has 0 saturated heterocycles. The van der Waals surface area contributed by atoms with Crippen LogP contribution < -0.4 is 4.74 Å². The number of nitrogens with zero attached hydrogens (tertiary/aromatic N) is 1. The lowest BCUT2D eigenvalue weighted by atomic mass is 10.2. The third-order valence-electron chi connectivity index (χ3n) is 2.49. The Labute approximate surface area is 102 Å². The maximum Gasteiger partial charge on any atom is 0.137 e. The lowest BCUT2D eigenvalue weighted by molar-refractivity contribution is 0.197. The molecular formula is C12H18ClNO2. The summed E-state index contributed by atoms with van der Waals surface area (Å²) in [4.78, 5) is 2.15. The first kappa shape index (κ1) is 13.3. The van der Waals surface area contributed by atoms with Crippen molar-refractivity contribution in [3.05, 3.63) is 28.8 Å². The van der Waals surface area contributed by atoms with Crippen molar-refractivity contribution in [3.63, 3.8) is 0 Å². The predicted octanol–water partition coefficient (Wildman–Crippen LogP) is 2.16. The minimum Gasteiger partial charge on any atom is -0.495 e. The van der Waals surface area contributed by atoms with Crippen molar-refractivity contribution in [2.75, 3.05) is 26.8 Å². The molecule has 0 amide bonds. The lowest BCUT2D eigenvalue weighted by Crippen LogP contribution is -2.26. The molecule has 0 spiro atoms. The summed E-state index contributed by atoms with van der Waals surface area (Å²) in [7, 11) is 1.60. The van der Waals surface area contributed by atoms with Gasteiger partial charge in [0.15, 0.2) is 0 Å². The largest absolute Gasteiger partial charge is 0.495 e. The molecule has 0 heterocycles. The van der Waals surface area contributed by atoms with Crippen LogP contribution in [0.2, 0.25) is 5.02 Å². The van der Waals surface area contributed by atoms with E-state index in [-0.39, 0.29) is 6.61 Å². The Kier molecular flexibility index (Phi) is 5.60. The van der Waals surface area contributed by atoms with Gasteiger partial charge in [-0.3, -0.25) is 4.90 Å². The fraction of sp³-hybridized carbons (Fsp3) is 0.500. The molecule has 1 rings (SSSR count). The van der Waals surface area contributed by atoms with Gasteiger partial charge in [0, 0.05) is 13.1 Å². The van der Waals surface area contributed by atoms with E-state index in [1.54, 1.807) is 7.11 Å². The average molecular weight is 244 g/mol. The Balaban J connectivity index is 2.69. The topological polar surface area (TPSA) is 32.7 Å². The Hall–Kier alpha value is -0.770. The van der Waals surface area contributed by atoms with Gasteiger partial charge in [-0.2, -0.15) is 0 Å². The summed E-state index contributed by atoms with van der Waals surface area (Å²) >= 11 is 6.04. The van der Waals surface area contributed by atoms with Crippen molar-refractivity contribution in [3.8, 4) is 5.75 Å². The molecular weight excluding hydrogens is 226 g/mol. The van der Waals surface area contributed by atoms with Gasteiger partial charge in [-0.1, -0.05) is 24.6 Å². The Morgan fingerprint density at radius 1 is 1.44 bits per heavy atom. The van der Waals surface area contributed by atoms with Gasteiger partial charge in [-0.05, 0) is 24.2 Å². The Morgan fingerprint density at radius 3 is 2.69 bits per heavy atom. The minimum atomic E-state index is 0.178. The SMILES string of the molecule is CCN(CCO)Cc1ccc(OC)c(Cl)c1. The molecule has 1 N–H and O–H groups in total. The van der Waals surface area contributed by atoms with Crippen LogP contribution in [0.4, 0.5) is 0 Å². The highest BCUT2D eigenvalue weighted by molar-refractivity contribution is 6.32. The highest BCUT2D eigenvalue weighted by Gasteiger charge is 2.05. The fourth-order valence-electron chi connectivity index (χ4n) is 1.56. The number of hydrogen-bond acceptors (Lipinski definition) is 3. The van der Waals surface area contributed by atoms with Crippen molar-refractivity contribution in [2.45, 2.75) is 13.5 Å². The van der Waals surface area contributed by atoms with Gasteiger partial charge in [-0.25, -0.2) is 0 Å². The van der Waals surface area contributed by atoms with E-state index < -0.39 is 0 Å². The number of methoxy groups -OCH3 is 1. The van der Waals surface area contributed by atoms with Crippen molar-refractivity contribution in [2.24, 2.45) is 0 Å². The molecule has 0 aliphatic heterocycles. The minimum absolute atomic E-state index is 0.178. The number of halogens is 1. The summed E-state index contributed by atoms with van der Waals surface area (Å²) < 4.78 is 5.09. The fourth-order valence-corrected chi connectivity index (χ4v) is 1.84. The van der Waals surface area contributed by atoms with E-state index >= 15 is 0 Å². The zero-order valence-corrected chi connectivity index (χ0v) is 10.5. The number of ether oxygens (including phenoxy) is 1. The van der Waals surface area contributed by atoms with Gasteiger partial charge in [0.1, 0.15) is 5.75 Å². The quantitative estimate of drug-likeness (QED) is 0.831. The molecule has 0 aromatic heterocycles. The second-order valence-electron chi connectivity index (χ2n) is 3.56. The van der Waals surface area contributed by atoms with Crippen molar-refractivity contribution < 1.29 is 9.84 Å². The molecule has 0 aliphatic carbocycles. The third kappa shape index (κ3) is 3.67.